The van der Waals surface area contributed by atoms with E-state index in [2.05, 4.69) is 20.6 Å². The Morgan fingerprint density at radius 1 is 1.35 bits per heavy atom. The zero-order chi connectivity index (χ0) is 17.2. The molecule has 23 heavy (non-hydrogen) atoms. The standard InChI is InChI=1S/C14H22N6O2S/c1-14(2,3)15-10(21)8-23-13-17-16-11(20(13)5)9-7-19(4)18-12(9)22-6/h7H,8H2,1-6H3,(H,15,21). The number of methoxy groups -OCH3 is 1. The van der Waals surface area contributed by atoms with Crippen molar-refractivity contribution in [2.24, 2.45) is 14.1 Å². The molecule has 1 amide bonds. The Hall–Kier alpha value is -2.03. The molecule has 0 atom stereocenters. The third-order valence-electron chi connectivity index (χ3n) is 2.91. The summed E-state index contributed by atoms with van der Waals surface area (Å²) in [5, 5.41) is 16.1. The average molecular weight is 338 g/mol. The van der Waals surface area contributed by atoms with E-state index in [0.29, 0.717) is 16.9 Å². The number of thioether (sulfide) groups is 1. The van der Waals surface area contributed by atoms with E-state index >= 15 is 0 Å². The van der Waals surface area contributed by atoms with Gasteiger partial charge >= 0.3 is 0 Å². The van der Waals surface area contributed by atoms with Crippen LogP contribution < -0.4 is 10.1 Å². The van der Waals surface area contributed by atoms with Crippen molar-refractivity contribution >= 4 is 17.7 Å². The Bertz CT molecular complexity index is 701. The normalized spacial score (nSPS) is 11.6. The smallest absolute Gasteiger partial charge is 0.243 e. The molecule has 0 spiro atoms. The van der Waals surface area contributed by atoms with Gasteiger partial charge in [0.15, 0.2) is 11.0 Å². The van der Waals surface area contributed by atoms with Gasteiger partial charge in [0, 0.05) is 25.8 Å². The maximum Gasteiger partial charge on any atom is 0.243 e. The minimum absolute atomic E-state index is 0.0361. The fraction of sp³-hybridized carbons (Fsp3) is 0.571. The van der Waals surface area contributed by atoms with Gasteiger partial charge < -0.3 is 14.6 Å². The van der Waals surface area contributed by atoms with Crippen LogP contribution in [-0.2, 0) is 18.9 Å². The maximum absolute atomic E-state index is 11.9. The van der Waals surface area contributed by atoms with Crippen molar-refractivity contribution in [2.45, 2.75) is 31.5 Å². The lowest BCUT2D eigenvalue weighted by Crippen LogP contribution is -2.41. The number of nitrogens with one attached hydrogen (secondary N) is 1. The largest absolute Gasteiger partial charge is 0.479 e. The van der Waals surface area contributed by atoms with Gasteiger partial charge in [-0.3, -0.25) is 9.48 Å². The van der Waals surface area contributed by atoms with Gasteiger partial charge in [0.2, 0.25) is 11.8 Å². The number of aromatic nitrogens is 5. The molecule has 0 saturated carbocycles. The molecule has 0 aliphatic heterocycles. The Labute approximate surface area is 139 Å². The summed E-state index contributed by atoms with van der Waals surface area (Å²) in [6.07, 6.45) is 1.82. The van der Waals surface area contributed by atoms with Crippen LogP contribution in [0.15, 0.2) is 11.4 Å². The van der Waals surface area contributed by atoms with Gasteiger partial charge in [-0.1, -0.05) is 11.8 Å². The number of nitrogens with zero attached hydrogens (tertiary/aromatic N) is 5. The summed E-state index contributed by atoms with van der Waals surface area (Å²) in [5.74, 6) is 1.39. The average Bonchev–Trinajstić information content (AvgIpc) is 2.97. The van der Waals surface area contributed by atoms with Crippen LogP contribution in [0, 0.1) is 0 Å². The van der Waals surface area contributed by atoms with Gasteiger partial charge in [0.1, 0.15) is 5.56 Å². The minimum Gasteiger partial charge on any atom is -0.479 e. The molecule has 0 aromatic carbocycles. The second-order valence-corrected chi connectivity index (χ2v) is 7.12. The molecular formula is C14H22N6O2S. The summed E-state index contributed by atoms with van der Waals surface area (Å²) in [6, 6.07) is 0. The molecule has 0 fully saturated rings. The number of amides is 1. The first-order valence-electron chi connectivity index (χ1n) is 7.12. The fourth-order valence-corrected chi connectivity index (χ4v) is 2.74. The van der Waals surface area contributed by atoms with Gasteiger partial charge in [-0.2, -0.15) is 0 Å². The van der Waals surface area contributed by atoms with E-state index in [1.807, 2.05) is 45.6 Å². The lowest BCUT2D eigenvalue weighted by molar-refractivity contribution is -0.119. The van der Waals surface area contributed by atoms with Crippen LogP contribution >= 0.6 is 11.8 Å². The van der Waals surface area contributed by atoms with Crippen LogP contribution in [0.25, 0.3) is 11.4 Å². The van der Waals surface area contributed by atoms with E-state index in [0.717, 1.165) is 5.56 Å². The predicted octanol–water partition coefficient (Wildman–Crippen LogP) is 1.23. The molecular weight excluding hydrogens is 316 g/mol. The predicted molar refractivity (Wildman–Crippen MR) is 88.4 cm³/mol. The van der Waals surface area contributed by atoms with Crippen molar-refractivity contribution in [1.82, 2.24) is 29.9 Å². The zero-order valence-electron chi connectivity index (χ0n) is 14.2. The number of aryl methyl sites for hydroxylation is 1. The Morgan fingerprint density at radius 3 is 2.65 bits per heavy atom. The number of ether oxygens (including phenoxy) is 1. The SMILES string of the molecule is COc1nn(C)cc1-c1nnc(SCC(=O)NC(C)(C)C)n1C. The molecule has 2 heterocycles. The van der Waals surface area contributed by atoms with Gasteiger partial charge in [-0.25, -0.2) is 0 Å². The van der Waals surface area contributed by atoms with Crippen LogP contribution in [0.5, 0.6) is 5.88 Å². The number of hydrogen-bond acceptors (Lipinski definition) is 6. The Kier molecular flexibility index (Phi) is 4.98. The summed E-state index contributed by atoms with van der Waals surface area (Å²) in [4.78, 5) is 11.9. The van der Waals surface area contributed by atoms with E-state index in [4.69, 9.17) is 4.74 Å². The summed E-state index contributed by atoms with van der Waals surface area (Å²) in [6.45, 7) is 5.85. The quantitative estimate of drug-likeness (QED) is 0.825. The van der Waals surface area contributed by atoms with Crippen LogP contribution in [0.2, 0.25) is 0 Å². The molecule has 8 nitrogen and oxygen atoms in total. The highest BCUT2D eigenvalue weighted by Gasteiger charge is 2.19. The highest BCUT2D eigenvalue weighted by molar-refractivity contribution is 7.99. The minimum atomic E-state index is -0.244. The summed E-state index contributed by atoms with van der Waals surface area (Å²) in [5.41, 5.74) is 0.516. The molecule has 2 aromatic rings. The Balaban J connectivity index is 2.12. The van der Waals surface area contributed by atoms with E-state index < -0.39 is 0 Å². The molecule has 9 heteroatoms. The molecule has 0 unspecified atom stereocenters. The molecule has 0 radical (unpaired) electrons. The molecule has 2 rings (SSSR count). The van der Waals surface area contributed by atoms with Crippen LogP contribution in [0.1, 0.15) is 20.8 Å². The molecule has 0 aliphatic carbocycles. The first kappa shape index (κ1) is 17.3. The monoisotopic (exact) mass is 338 g/mol. The second-order valence-electron chi connectivity index (χ2n) is 6.18. The van der Waals surface area contributed by atoms with E-state index in [1.165, 1.54) is 11.8 Å². The van der Waals surface area contributed by atoms with Crippen LogP contribution in [0.3, 0.4) is 0 Å². The molecule has 0 saturated heterocycles. The van der Waals surface area contributed by atoms with E-state index in [9.17, 15) is 4.79 Å². The second kappa shape index (κ2) is 6.61. The molecule has 2 aromatic heterocycles. The van der Waals surface area contributed by atoms with Crippen molar-refractivity contribution < 1.29 is 9.53 Å². The maximum atomic E-state index is 11.9. The number of rotatable bonds is 5. The lowest BCUT2D eigenvalue weighted by atomic mass is 10.1. The van der Waals surface area contributed by atoms with E-state index in [1.54, 1.807) is 11.8 Å². The topological polar surface area (TPSA) is 86.9 Å². The van der Waals surface area contributed by atoms with Crippen molar-refractivity contribution in [3.05, 3.63) is 6.20 Å². The Morgan fingerprint density at radius 2 is 2.04 bits per heavy atom. The van der Waals surface area contributed by atoms with Crippen LogP contribution in [0.4, 0.5) is 0 Å². The number of hydrogen-bond donors (Lipinski definition) is 1. The van der Waals surface area contributed by atoms with Crippen molar-refractivity contribution in [2.75, 3.05) is 12.9 Å². The number of carbonyl (C=O) groups excluding carboxylic acids is 1. The van der Waals surface area contributed by atoms with Crippen molar-refractivity contribution in [1.29, 1.82) is 0 Å². The zero-order valence-corrected chi connectivity index (χ0v) is 15.1. The third kappa shape index (κ3) is 4.25. The summed E-state index contributed by atoms with van der Waals surface area (Å²) in [7, 11) is 5.23. The summed E-state index contributed by atoms with van der Waals surface area (Å²) >= 11 is 1.34. The van der Waals surface area contributed by atoms with Crippen molar-refractivity contribution in [3.63, 3.8) is 0 Å². The highest BCUT2D eigenvalue weighted by Crippen LogP contribution is 2.28. The first-order chi connectivity index (χ1) is 10.7. The molecule has 1 N–H and O–H groups in total. The highest BCUT2D eigenvalue weighted by atomic mass is 32.2. The van der Waals surface area contributed by atoms with Crippen molar-refractivity contribution in [3.8, 4) is 17.3 Å². The van der Waals surface area contributed by atoms with E-state index in [-0.39, 0.29) is 17.2 Å². The fourth-order valence-electron chi connectivity index (χ4n) is 2.03. The number of carbonyl (C=O) groups is 1. The molecule has 126 valence electrons. The third-order valence-corrected chi connectivity index (χ3v) is 3.93. The summed E-state index contributed by atoms with van der Waals surface area (Å²) < 4.78 is 8.74. The molecule has 0 bridgehead atoms. The van der Waals surface area contributed by atoms with Gasteiger partial charge in [-0.15, -0.1) is 15.3 Å². The molecule has 0 aliphatic rings. The van der Waals surface area contributed by atoms with Gasteiger partial charge in [0.25, 0.3) is 0 Å². The van der Waals surface area contributed by atoms with Crippen LogP contribution in [-0.4, -0.2) is 48.9 Å². The van der Waals surface area contributed by atoms with Gasteiger partial charge in [-0.05, 0) is 20.8 Å². The lowest BCUT2D eigenvalue weighted by Gasteiger charge is -2.20. The van der Waals surface area contributed by atoms with Gasteiger partial charge in [0.05, 0.1) is 12.9 Å². The first-order valence-corrected chi connectivity index (χ1v) is 8.11.